The summed E-state index contributed by atoms with van der Waals surface area (Å²) in [5, 5.41) is 19.4. The summed E-state index contributed by atoms with van der Waals surface area (Å²) in [4.78, 5) is 12.3. The molecule has 0 unspecified atom stereocenters. The topological polar surface area (TPSA) is 61.1 Å². The fourth-order valence-electron chi connectivity index (χ4n) is 4.14. The first-order valence-corrected chi connectivity index (χ1v) is 6.52. The summed E-state index contributed by atoms with van der Waals surface area (Å²) in [5.74, 6) is 0.156. The zero-order chi connectivity index (χ0) is 13.8. The Morgan fingerprint density at radius 1 is 1.39 bits per heavy atom. The van der Waals surface area contributed by atoms with Crippen LogP contribution in [0.4, 0.5) is 0 Å². The molecule has 0 spiro atoms. The second kappa shape index (κ2) is 3.68. The van der Waals surface area contributed by atoms with Gasteiger partial charge in [-0.05, 0) is 37.5 Å². The number of nitrogens with zero attached hydrogens (tertiary/aromatic N) is 1. The highest BCUT2D eigenvalue weighted by atomic mass is 16.3. The van der Waals surface area contributed by atoms with E-state index in [0.29, 0.717) is 6.42 Å². The van der Waals surface area contributed by atoms with Crippen LogP contribution in [0.1, 0.15) is 47.0 Å². The van der Waals surface area contributed by atoms with Gasteiger partial charge in [0.05, 0.1) is 11.2 Å². The van der Waals surface area contributed by atoms with E-state index in [1.54, 1.807) is 6.08 Å². The maximum Gasteiger partial charge on any atom is 0.178 e. The molecule has 0 aromatic rings. The van der Waals surface area contributed by atoms with Crippen molar-refractivity contribution in [2.45, 2.75) is 52.6 Å². The van der Waals surface area contributed by atoms with Gasteiger partial charge < -0.3 is 5.11 Å². The second-order valence-corrected chi connectivity index (χ2v) is 6.99. The summed E-state index contributed by atoms with van der Waals surface area (Å²) in [6.07, 6.45) is 3.97. The Morgan fingerprint density at radius 3 is 2.56 bits per heavy atom. The van der Waals surface area contributed by atoms with Gasteiger partial charge in [0, 0.05) is 5.41 Å². The van der Waals surface area contributed by atoms with Crippen LogP contribution in [0.5, 0.6) is 0 Å². The fourth-order valence-corrected chi connectivity index (χ4v) is 4.14. The van der Waals surface area contributed by atoms with Crippen molar-refractivity contribution in [2.24, 2.45) is 16.7 Å². The maximum atomic E-state index is 12.3. The van der Waals surface area contributed by atoms with Crippen LogP contribution < -0.4 is 0 Å². The Morgan fingerprint density at radius 2 is 2.00 bits per heavy atom. The Bertz CT molecular complexity index is 467. The zero-order valence-corrected chi connectivity index (χ0v) is 11.6. The van der Waals surface area contributed by atoms with Crippen LogP contribution in [0.25, 0.3) is 0 Å². The molecule has 2 aliphatic carbocycles. The van der Waals surface area contributed by atoms with Crippen molar-refractivity contribution in [1.82, 2.24) is 0 Å². The first-order chi connectivity index (χ1) is 8.12. The van der Waals surface area contributed by atoms with Gasteiger partial charge >= 0.3 is 0 Å². The molecule has 0 aromatic heterocycles. The van der Waals surface area contributed by atoms with Gasteiger partial charge in [-0.1, -0.05) is 26.8 Å². The smallest absolute Gasteiger partial charge is 0.178 e. The molecule has 18 heavy (non-hydrogen) atoms. The monoisotopic (exact) mass is 247 g/mol. The quantitative estimate of drug-likeness (QED) is 0.715. The van der Waals surface area contributed by atoms with Gasteiger partial charge in [-0.2, -0.15) is 5.26 Å². The number of carbonyl (C=O) groups is 1. The van der Waals surface area contributed by atoms with E-state index >= 15 is 0 Å². The first-order valence-electron chi connectivity index (χ1n) is 6.52. The molecule has 1 fully saturated rings. The zero-order valence-electron chi connectivity index (χ0n) is 11.6. The number of carbonyl (C=O) groups excluding carboxylic acids is 1. The summed E-state index contributed by atoms with van der Waals surface area (Å²) in [6.45, 7) is 7.78. The molecule has 3 heteroatoms. The predicted molar refractivity (Wildman–Crippen MR) is 68.6 cm³/mol. The van der Waals surface area contributed by atoms with Crippen LogP contribution in [-0.4, -0.2) is 16.5 Å². The molecule has 1 saturated carbocycles. The molecule has 2 rings (SSSR count). The van der Waals surface area contributed by atoms with Crippen molar-refractivity contribution < 1.29 is 9.90 Å². The van der Waals surface area contributed by atoms with Gasteiger partial charge in [0.25, 0.3) is 0 Å². The molecule has 3 atom stereocenters. The Balaban J connectivity index is 2.53. The SMILES string of the molecule is CC1(C)C(=O)C(C#N)=C[C@@]2(C)C[C@@](C)(O)CC[C@H]12. The predicted octanol–water partition coefficient (Wildman–Crippen LogP) is 2.60. The summed E-state index contributed by atoms with van der Waals surface area (Å²) in [5.41, 5.74) is -1.20. The van der Waals surface area contributed by atoms with Crippen molar-refractivity contribution in [2.75, 3.05) is 0 Å². The van der Waals surface area contributed by atoms with Crippen LogP contribution in [0.2, 0.25) is 0 Å². The van der Waals surface area contributed by atoms with Gasteiger partial charge in [-0.3, -0.25) is 4.79 Å². The number of hydrogen-bond donors (Lipinski definition) is 1. The number of nitriles is 1. The standard InChI is InChI=1S/C15H21NO2/c1-13(2)11-5-6-15(4,18)9-14(11,3)7-10(8-16)12(13)17/h7,11,18H,5-6,9H2,1-4H3/t11-,14+,15+/m1/s1. The lowest BCUT2D eigenvalue weighted by Gasteiger charge is -2.53. The Kier molecular flexibility index (Phi) is 2.72. The van der Waals surface area contributed by atoms with E-state index in [1.807, 2.05) is 26.8 Å². The van der Waals surface area contributed by atoms with Crippen LogP contribution in [0, 0.1) is 28.1 Å². The lowest BCUT2D eigenvalue weighted by atomic mass is 9.50. The second-order valence-electron chi connectivity index (χ2n) is 6.99. The molecule has 0 aromatic carbocycles. The van der Waals surface area contributed by atoms with E-state index in [1.165, 1.54) is 0 Å². The van der Waals surface area contributed by atoms with Crippen molar-refractivity contribution in [1.29, 1.82) is 5.26 Å². The van der Waals surface area contributed by atoms with Gasteiger partial charge in [0.2, 0.25) is 0 Å². The van der Waals surface area contributed by atoms with Crippen molar-refractivity contribution in [3.05, 3.63) is 11.6 Å². The molecular weight excluding hydrogens is 226 g/mol. The summed E-state index contributed by atoms with van der Waals surface area (Å²) in [7, 11) is 0. The van der Waals surface area contributed by atoms with Crippen molar-refractivity contribution >= 4 is 5.78 Å². The van der Waals surface area contributed by atoms with Crippen LogP contribution >= 0.6 is 0 Å². The minimum Gasteiger partial charge on any atom is -0.390 e. The first kappa shape index (κ1) is 13.3. The highest BCUT2D eigenvalue weighted by molar-refractivity contribution is 6.04. The molecule has 2 aliphatic rings. The van der Waals surface area contributed by atoms with E-state index in [0.717, 1.165) is 12.8 Å². The van der Waals surface area contributed by atoms with E-state index in [4.69, 9.17) is 5.26 Å². The third-order valence-corrected chi connectivity index (χ3v) is 4.82. The molecular formula is C15H21NO2. The lowest BCUT2D eigenvalue weighted by molar-refractivity contribution is -0.136. The molecule has 0 amide bonds. The molecule has 3 nitrogen and oxygen atoms in total. The number of hydrogen-bond acceptors (Lipinski definition) is 3. The number of rotatable bonds is 0. The van der Waals surface area contributed by atoms with Gasteiger partial charge in [0.15, 0.2) is 5.78 Å². The largest absolute Gasteiger partial charge is 0.390 e. The van der Waals surface area contributed by atoms with E-state index in [9.17, 15) is 9.90 Å². The fraction of sp³-hybridized carbons (Fsp3) is 0.733. The van der Waals surface area contributed by atoms with Gasteiger partial charge in [0.1, 0.15) is 6.07 Å². The molecule has 0 heterocycles. The van der Waals surface area contributed by atoms with Crippen LogP contribution in [0.3, 0.4) is 0 Å². The number of allylic oxidation sites excluding steroid dienone is 2. The van der Waals surface area contributed by atoms with E-state index in [2.05, 4.69) is 6.92 Å². The average Bonchev–Trinajstić information content (AvgIpc) is 2.21. The molecule has 0 bridgehead atoms. The molecule has 0 saturated heterocycles. The highest BCUT2D eigenvalue weighted by Crippen LogP contribution is 2.56. The van der Waals surface area contributed by atoms with Gasteiger partial charge in [-0.15, -0.1) is 0 Å². The summed E-state index contributed by atoms with van der Waals surface area (Å²) < 4.78 is 0. The average molecular weight is 247 g/mol. The minimum atomic E-state index is -0.696. The molecule has 1 N–H and O–H groups in total. The number of fused-ring (bicyclic) bond motifs is 1. The Labute approximate surface area is 108 Å². The molecule has 0 aliphatic heterocycles. The number of aliphatic hydroxyl groups is 1. The van der Waals surface area contributed by atoms with E-state index in [-0.39, 0.29) is 22.7 Å². The number of Topliss-reactive ketones (excluding diaryl/α,β-unsaturated/α-hetero) is 1. The normalized spacial score (nSPS) is 42.8. The molecule has 0 radical (unpaired) electrons. The van der Waals surface area contributed by atoms with E-state index < -0.39 is 11.0 Å². The number of ketones is 1. The lowest BCUT2D eigenvalue weighted by Crippen LogP contribution is -2.52. The van der Waals surface area contributed by atoms with Crippen LogP contribution in [0.15, 0.2) is 11.6 Å². The third kappa shape index (κ3) is 1.80. The van der Waals surface area contributed by atoms with Gasteiger partial charge in [-0.25, -0.2) is 0 Å². The highest BCUT2D eigenvalue weighted by Gasteiger charge is 2.55. The third-order valence-electron chi connectivity index (χ3n) is 4.82. The van der Waals surface area contributed by atoms with Crippen molar-refractivity contribution in [3.63, 3.8) is 0 Å². The maximum absolute atomic E-state index is 12.3. The summed E-state index contributed by atoms with van der Waals surface area (Å²) in [6, 6.07) is 2.02. The Hall–Kier alpha value is -1.14. The minimum absolute atomic E-state index is 0.0472. The molecule has 98 valence electrons. The summed E-state index contributed by atoms with van der Waals surface area (Å²) >= 11 is 0. The van der Waals surface area contributed by atoms with Crippen LogP contribution in [-0.2, 0) is 4.79 Å². The van der Waals surface area contributed by atoms with Crippen molar-refractivity contribution in [3.8, 4) is 6.07 Å².